The van der Waals surface area contributed by atoms with E-state index < -0.39 is 6.10 Å². The highest BCUT2D eigenvalue weighted by atomic mass is 79.9. The Bertz CT molecular complexity index is 413. The summed E-state index contributed by atoms with van der Waals surface area (Å²) in [4.78, 5) is 0. The highest BCUT2D eigenvalue weighted by molar-refractivity contribution is 9.10. The summed E-state index contributed by atoms with van der Waals surface area (Å²) in [6.45, 7) is 3.22. The van der Waals surface area contributed by atoms with Crippen molar-refractivity contribution in [3.05, 3.63) is 28.7 Å². The third-order valence-electron chi connectivity index (χ3n) is 3.97. The van der Waals surface area contributed by atoms with Gasteiger partial charge < -0.3 is 15.2 Å². The van der Waals surface area contributed by atoms with Crippen molar-refractivity contribution in [2.24, 2.45) is 5.92 Å². The molecule has 0 bridgehead atoms. The van der Waals surface area contributed by atoms with Gasteiger partial charge in [-0.1, -0.05) is 41.8 Å². The van der Waals surface area contributed by atoms with Gasteiger partial charge in [0.25, 0.3) is 0 Å². The fourth-order valence-corrected chi connectivity index (χ4v) is 3.09. The van der Waals surface area contributed by atoms with Crippen LogP contribution in [-0.4, -0.2) is 30.4 Å². The monoisotopic (exact) mass is 341 g/mol. The molecule has 0 saturated heterocycles. The van der Waals surface area contributed by atoms with Gasteiger partial charge in [0, 0.05) is 17.1 Å². The van der Waals surface area contributed by atoms with Crippen LogP contribution in [0.15, 0.2) is 28.7 Å². The van der Waals surface area contributed by atoms with Crippen LogP contribution in [0.25, 0.3) is 0 Å². The topological polar surface area (TPSA) is 41.5 Å². The lowest BCUT2D eigenvalue weighted by molar-refractivity contribution is 0.0984. The Labute approximate surface area is 129 Å². The van der Waals surface area contributed by atoms with E-state index in [1.54, 1.807) is 0 Å². The first-order valence-electron chi connectivity index (χ1n) is 7.45. The van der Waals surface area contributed by atoms with Gasteiger partial charge in [0.1, 0.15) is 18.5 Å². The lowest BCUT2D eigenvalue weighted by Crippen LogP contribution is -2.42. The highest BCUT2D eigenvalue weighted by Gasteiger charge is 2.21. The van der Waals surface area contributed by atoms with E-state index in [0.717, 1.165) is 10.2 Å². The van der Waals surface area contributed by atoms with Gasteiger partial charge >= 0.3 is 0 Å². The summed E-state index contributed by atoms with van der Waals surface area (Å²) in [6, 6.07) is 8.23. The van der Waals surface area contributed by atoms with Crippen LogP contribution >= 0.6 is 15.9 Å². The van der Waals surface area contributed by atoms with Crippen molar-refractivity contribution in [2.75, 3.05) is 13.2 Å². The Morgan fingerprint density at radius 1 is 1.40 bits per heavy atom. The molecule has 1 aliphatic carbocycles. The van der Waals surface area contributed by atoms with E-state index in [-0.39, 0.29) is 0 Å². The van der Waals surface area contributed by atoms with Gasteiger partial charge in [-0.25, -0.2) is 0 Å². The predicted molar refractivity (Wildman–Crippen MR) is 85.1 cm³/mol. The number of ether oxygens (including phenoxy) is 1. The van der Waals surface area contributed by atoms with Crippen LogP contribution in [0.3, 0.4) is 0 Å². The molecule has 20 heavy (non-hydrogen) atoms. The zero-order valence-electron chi connectivity index (χ0n) is 12.0. The van der Waals surface area contributed by atoms with Crippen LogP contribution in [0.2, 0.25) is 0 Å². The molecule has 3 atom stereocenters. The Morgan fingerprint density at radius 2 is 2.20 bits per heavy atom. The second-order valence-corrected chi connectivity index (χ2v) is 6.61. The quantitative estimate of drug-likeness (QED) is 0.833. The summed E-state index contributed by atoms with van der Waals surface area (Å²) in [7, 11) is 0. The number of nitrogens with one attached hydrogen (secondary N) is 1. The molecule has 3 nitrogen and oxygen atoms in total. The van der Waals surface area contributed by atoms with Crippen molar-refractivity contribution in [3.63, 3.8) is 0 Å². The zero-order chi connectivity index (χ0) is 14.4. The predicted octanol–water partition coefficient (Wildman–Crippen LogP) is 3.36. The van der Waals surface area contributed by atoms with Crippen molar-refractivity contribution < 1.29 is 9.84 Å². The lowest BCUT2D eigenvalue weighted by Gasteiger charge is -2.30. The minimum atomic E-state index is -0.469. The number of halogens is 1. The number of rotatable bonds is 6. The maximum atomic E-state index is 10.00. The Balaban J connectivity index is 1.68. The van der Waals surface area contributed by atoms with Crippen LogP contribution in [-0.2, 0) is 0 Å². The molecule has 0 spiro atoms. The summed E-state index contributed by atoms with van der Waals surface area (Å²) in [6.07, 6.45) is 4.69. The molecule has 1 aliphatic rings. The third kappa shape index (κ3) is 5.08. The van der Waals surface area contributed by atoms with Crippen LogP contribution in [0.1, 0.15) is 32.6 Å². The molecule has 1 fully saturated rings. The average Bonchev–Trinajstić information content (AvgIpc) is 2.44. The van der Waals surface area contributed by atoms with Crippen LogP contribution in [0.5, 0.6) is 5.75 Å². The van der Waals surface area contributed by atoms with Crippen LogP contribution in [0.4, 0.5) is 0 Å². The highest BCUT2D eigenvalue weighted by Crippen LogP contribution is 2.23. The fraction of sp³-hybridized carbons (Fsp3) is 0.625. The first-order valence-corrected chi connectivity index (χ1v) is 8.24. The largest absolute Gasteiger partial charge is 0.491 e. The molecule has 1 aromatic rings. The summed E-state index contributed by atoms with van der Waals surface area (Å²) < 4.78 is 6.58. The molecule has 0 heterocycles. The van der Waals surface area contributed by atoms with E-state index in [4.69, 9.17) is 4.74 Å². The molecule has 0 aliphatic heterocycles. The molecule has 0 radical (unpaired) electrons. The number of aliphatic hydroxyl groups is 1. The standard InChI is InChI=1S/C16H24BrNO2/c1-12-5-2-3-8-16(12)18-10-14(19)11-20-15-7-4-6-13(17)9-15/h4,6-7,9,12,14,16,18-19H,2-3,5,8,10-11H2,1H3. The number of aliphatic hydroxyl groups excluding tert-OH is 1. The molecule has 2 rings (SSSR count). The minimum absolute atomic E-state index is 0.324. The second-order valence-electron chi connectivity index (χ2n) is 5.70. The van der Waals surface area contributed by atoms with Gasteiger partial charge in [-0.15, -0.1) is 0 Å². The van der Waals surface area contributed by atoms with Crippen molar-refractivity contribution in [1.29, 1.82) is 0 Å². The maximum Gasteiger partial charge on any atom is 0.120 e. The summed E-state index contributed by atoms with van der Waals surface area (Å²) in [5, 5.41) is 13.5. The second kappa shape index (κ2) is 8.01. The summed E-state index contributed by atoms with van der Waals surface area (Å²) >= 11 is 3.40. The molecule has 4 heteroatoms. The smallest absolute Gasteiger partial charge is 0.120 e. The third-order valence-corrected chi connectivity index (χ3v) is 4.46. The normalized spacial score (nSPS) is 24.4. The number of benzene rings is 1. The first kappa shape index (κ1) is 15.8. The van der Waals surface area contributed by atoms with Gasteiger partial charge in [-0.3, -0.25) is 0 Å². The molecule has 1 saturated carbocycles. The SMILES string of the molecule is CC1CCCCC1NCC(O)COc1cccc(Br)c1. The van der Waals surface area contributed by atoms with Gasteiger partial charge in [0.2, 0.25) is 0 Å². The lowest BCUT2D eigenvalue weighted by atomic mass is 9.86. The van der Waals surface area contributed by atoms with E-state index in [0.29, 0.717) is 25.1 Å². The zero-order valence-corrected chi connectivity index (χ0v) is 13.6. The van der Waals surface area contributed by atoms with Crippen molar-refractivity contribution in [3.8, 4) is 5.75 Å². The molecule has 112 valence electrons. The van der Waals surface area contributed by atoms with Crippen molar-refractivity contribution in [1.82, 2.24) is 5.32 Å². The van der Waals surface area contributed by atoms with Gasteiger partial charge in [-0.05, 0) is 37.0 Å². The van der Waals surface area contributed by atoms with Gasteiger partial charge in [0.05, 0.1) is 0 Å². The molecule has 1 aromatic carbocycles. The van der Waals surface area contributed by atoms with E-state index in [2.05, 4.69) is 28.2 Å². The maximum absolute atomic E-state index is 10.00. The van der Waals surface area contributed by atoms with Gasteiger partial charge in [-0.2, -0.15) is 0 Å². The molecule has 0 aromatic heterocycles. The van der Waals surface area contributed by atoms with Crippen LogP contribution < -0.4 is 10.1 Å². The average molecular weight is 342 g/mol. The van der Waals surface area contributed by atoms with E-state index in [1.165, 1.54) is 25.7 Å². The molecular formula is C16H24BrNO2. The van der Waals surface area contributed by atoms with E-state index in [9.17, 15) is 5.11 Å². The summed E-state index contributed by atoms with van der Waals surface area (Å²) in [5.41, 5.74) is 0. The van der Waals surface area contributed by atoms with Crippen molar-refractivity contribution >= 4 is 15.9 Å². The Kier molecular flexibility index (Phi) is 6.33. The van der Waals surface area contributed by atoms with E-state index >= 15 is 0 Å². The van der Waals surface area contributed by atoms with Gasteiger partial charge in [0.15, 0.2) is 0 Å². The number of hydrogen-bond donors (Lipinski definition) is 2. The Hall–Kier alpha value is -0.580. The minimum Gasteiger partial charge on any atom is -0.491 e. The molecule has 3 unspecified atom stereocenters. The van der Waals surface area contributed by atoms with E-state index in [1.807, 2.05) is 24.3 Å². The molecule has 0 amide bonds. The van der Waals surface area contributed by atoms with Crippen LogP contribution in [0, 0.1) is 5.92 Å². The first-order chi connectivity index (χ1) is 9.65. The summed E-state index contributed by atoms with van der Waals surface area (Å²) in [5.74, 6) is 1.49. The molecule has 2 N–H and O–H groups in total. The van der Waals surface area contributed by atoms with Crippen molar-refractivity contribution in [2.45, 2.75) is 44.8 Å². The number of hydrogen-bond acceptors (Lipinski definition) is 3. The fourth-order valence-electron chi connectivity index (χ4n) is 2.72. The Morgan fingerprint density at radius 3 is 2.95 bits per heavy atom. The molecular weight excluding hydrogens is 318 g/mol.